The van der Waals surface area contributed by atoms with Gasteiger partial charge in [0.15, 0.2) is 0 Å². The highest BCUT2D eigenvalue weighted by atomic mass is 35.5. The van der Waals surface area contributed by atoms with Crippen LogP contribution in [0, 0.1) is 5.92 Å². The Morgan fingerprint density at radius 1 is 1.06 bits per heavy atom. The van der Waals surface area contributed by atoms with Crippen LogP contribution in [0.25, 0.3) is 0 Å². The van der Waals surface area contributed by atoms with Gasteiger partial charge in [-0.25, -0.2) is 0 Å². The summed E-state index contributed by atoms with van der Waals surface area (Å²) >= 11 is 6.62. The highest BCUT2D eigenvalue weighted by Gasteiger charge is 2.35. The smallest absolute Gasteiger partial charge is 0.264 e. The van der Waals surface area contributed by atoms with E-state index >= 15 is 0 Å². The summed E-state index contributed by atoms with van der Waals surface area (Å²) in [6, 6.07) is 16.5. The van der Waals surface area contributed by atoms with Crippen molar-refractivity contribution < 1.29 is 18.1 Å². The summed E-state index contributed by atoms with van der Waals surface area (Å²) in [4.78, 5) is 0. The first-order valence-corrected chi connectivity index (χ1v) is 14.2. The molecule has 5 nitrogen and oxygen atoms in total. The molecule has 1 aliphatic heterocycles. The summed E-state index contributed by atoms with van der Waals surface area (Å²) in [7, 11) is -3.88. The Hall–Kier alpha value is -1.70. The van der Waals surface area contributed by atoms with Crippen molar-refractivity contribution in [2.45, 2.75) is 69.1 Å². The minimum absolute atomic E-state index is 0.0193. The molecule has 7 heteroatoms. The van der Waals surface area contributed by atoms with Crippen molar-refractivity contribution in [2.75, 3.05) is 5.75 Å². The molecule has 2 aliphatic rings. The van der Waals surface area contributed by atoms with Crippen molar-refractivity contribution in [1.29, 1.82) is 0 Å². The maximum Gasteiger partial charge on any atom is 0.264 e. The third-order valence-electron chi connectivity index (χ3n) is 7.35. The molecule has 1 heterocycles. The van der Waals surface area contributed by atoms with E-state index in [0.717, 1.165) is 43.2 Å². The number of hydrogen-bond acceptors (Lipinski definition) is 4. The van der Waals surface area contributed by atoms with Gasteiger partial charge in [-0.3, -0.25) is 9.87 Å². The number of rotatable bonds is 8. The summed E-state index contributed by atoms with van der Waals surface area (Å²) in [5.74, 6) is 0.300. The third-order valence-corrected chi connectivity index (χ3v) is 8.50. The summed E-state index contributed by atoms with van der Waals surface area (Å²) in [5, 5.41) is 15.9. The van der Waals surface area contributed by atoms with Crippen molar-refractivity contribution in [3.63, 3.8) is 0 Å². The van der Waals surface area contributed by atoms with Gasteiger partial charge in [-0.2, -0.15) is 8.42 Å². The van der Waals surface area contributed by atoms with Gasteiger partial charge in [-0.15, -0.1) is 0 Å². The van der Waals surface area contributed by atoms with Crippen LogP contribution >= 0.6 is 11.6 Å². The van der Waals surface area contributed by atoms with Crippen LogP contribution in [0.3, 0.4) is 0 Å². The van der Waals surface area contributed by atoms with E-state index in [1.165, 1.54) is 5.56 Å². The second-order valence-corrected chi connectivity index (χ2v) is 11.7. The maximum absolute atomic E-state index is 11.5. The maximum atomic E-state index is 11.5. The normalized spacial score (nSPS) is 27.6. The van der Waals surface area contributed by atoms with Gasteiger partial charge in [0.25, 0.3) is 10.1 Å². The summed E-state index contributed by atoms with van der Waals surface area (Å²) in [6.07, 6.45) is 10.6. The minimum Gasteiger partial charge on any atom is -0.385 e. The first-order valence-electron chi connectivity index (χ1n) is 12.2. The Balaban J connectivity index is 1.40. The van der Waals surface area contributed by atoms with Gasteiger partial charge in [-0.05, 0) is 73.3 Å². The lowest BCUT2D eigenvalue weighted by atomic mass is 9.73. The number of benzene rings is 2. The molecule has 0 aromatic heterocycles. The van der Waals surface area contributed by atoms with Crippen LogP contribution in [0.5, 0.6) is 0 Å². The second kappa shape index (κ2) is 10.9. The molecule has 0 saturated heterocycles. The van der Waals surface area contributed by atoms with Gasteiger partial charge >= 0.3 is 0 Å². The molecule has 184 valence electrons. The lowest BCUT2D eigenvalue weighted by Crippen LogP contribution is -2.32. The summed E-state index contributed by atoms with van der Waals surface area (Å²) in [6.45, 7) is 0. The molecule has 2 unspecified atom stereocenters. The molecule has 1 saturated carbocycles. The largest absolute Gasteiger partial charge is 0.385 e. The quantitative estimate of drug-likeness (QED) is 0.230. The number of aliphatic hydroxyl groups is 1. The Morgan fingerprint density at radius 3 is 2.50 bits per heavy atom. The molecule has 2 aromatic rings. The average molecular weight is 504 g/mol. The van der Waals surface area contributed by atoms with E-state index in [1.54, 1.807) is 0 Å². The number of hydrogen-bond donors (Lipinski definition) is 3. The number of nitrogens with one attached hydrogen (secondary N) is 1. The molecular weight excluding hydrogens is 470 g/mol. The standard InChI is InChI=1S/C27H34ClNO4S/c28-24-13-12-22(27(30)16-14-20(15-17-27)7-4-5-18-34(31,32)33)19-23(24)26-11-6-10-25(29-26)21-8-2-1-3-9-21/h1-3,6,8-9,11-13,19-20,25-26,29-30H,4-5,7,10,14-18H2,(H,31,32,33). The molecule has 4 rings (SSSR count). The first kappa shape index (κ1) is 25.4. The van der Waals surface area contributed by atoms with Crippen LogP contribution < -0.4 is 5.32 Å². The van der Waals surface area contributed by atoms with E-state index in [9.17, 15) is 13.5 Å². The molecule has 2 atom stereocenters. The van der Waals surface area contributed by atoms with Crippen LogP contribution in [0.2, 0.25) is 5.02 Å². The lowest BCUT2D eigenvalue weighted by Gasteiger charge is -2.37. The number of unbranched alkanes of at least 4 members (excludes halogenated alkanes) is 1. The first-order chi connectivity index (χ1) is 16.2. The molecule has 34 heavy (non-hydrogen) atoms. The fraction of sp³-hybridized carbons (Fsp3) is 0.481. The third kappa shape index (κ3) is 6.49. The van der Waals surface area contributed by atoms with Gasteiger partial charge in [-0.1, -0.05) is 73.0 Å². The monoisotopic (exact) mass is 503 g/mol. The summed E-state index contributed by atoms with van der Waals surface area (Å²) in [5.41, 5.74) is 2.27. The van der Waals surface area contributed by atoms with Crippen LogP contribution in [0.4, 0.5) is 0 Å². The van der Waals surface area contributed by atoms with Gasteiger partial charge in [0.2, 0.25) is 0 Å². The predicted molar refractivity (Wildman–Crippen MR) is 136 cm³/mol. The molecule has 0 radical (unpaired) electrons. The lowest BCUT2D eigenvalue weighted by molar-refractivity contribution is -0.0154. The highest BCUT2D eigenvalue weighted by Crippen LogP contribution is 2.43. The molecule has 0 bridgehead atoms. The predicted octanol–water partition coefficient (Wildman–Crippen LogP) is 6.11. The topological polar surface area (TPSA) is 86.6 Å². The van der Waals surface area contributed by atoms with Crippen LogP contribution in [0.1, 0.15) is 80.1 Å². The Morgan fingerprint density at radius 2 is 1.79 bits per heavy atom. The van der Waals surface area contributed by atoms with Crippen molar-refractivity contribution in [3.05, 3.63) is 82.4 Å². The summed E-state index contributed by atoms with van der Waals surface area (Å²) < 4.78 is 30.6. The fourth-order valence-corrected chi connectivity index (χ4v) is 6.13. The van der Waals surface area contributed by atoms with E-state index in [0.29, 0.717) is 30.2 Å². The van der Waals surface area contributed by atoms with E-state index in [2.05, 4.69) is 47.8 Å². The van der Waals surface area contributed by atoms with E-state index in [1.807, 2.05) is 18.2 Å². The average Bonchev–Trinajstić information content (AvgIpc) is 2.83. The zero-order chi connectivity index (χ0) is 24.2. The fourth-order valence-electron chi connectivity index (χ4n) is 5.32. The van der Waals surface area contributed by atoms with E-state index in [4.69, 9.17) is 16.2 Å². The van der Waals surface area contributed by atoms with Gasteiger partial charge in [0.1, 0.15) is 0 Å². The highest BCUT2D eigenvalue weighted by molar-refractivity contribution is 7.85. The van der Waals surface area contributed by atoms with Crippen molar-refractivity contribution in [3.8, 4) is 0 Å². The minimum atomic E-state index is -3.88. The van der Waals surface area contributed by atoms with Gasteiger partial charge in [0.05, 0.1) is 17.4 Å². The zero-order valence-corrected chi connectivity index (χ0v) is 20.9. The van der Waals surface area contributed by atoms with Crippen molar-refractivity contribution in [2.24, 2.45) is 5.92 Å². The van der Waals surface area contributed by atoms with Crippen molar-refractivity contribution >= 4 is 21.7 Å². The Labute approximate surface area is 208 Å². The van der Waals surface area contributed by atoms with Crippen LogP contribution in [-0.2, 0) is 15.7 Å². The molecular formula is C27H34ClNO4S. The van der Waals surface area contributed by atoms with E-state index < -0.39 is 15.7 Å². The van der Waals surface area contributed by atoms with Crippen molar-refractivity contribution in [1.82, 2.24) is 5.32 Å². The van der Waals surface area contributed by atoms with Crippen LogP contribution in [0.15, 0.2) is 60.7 Å². The molecule has 3 N–H and O–H groups in total. The molecule has 1 aliphatic carbocycles. The van der Waals surface area contributed by atoms with Crippen LogP contribution in [-0.4, -0.2) is 23.8 Å². The van der Waals surface area contributed by atoms with Gasteiger partial charge in [0, 0.05) is 11.1 Å². The molecule has 0 amide bonds. The SMILES string of the molecule is O=S(=O)(O)CCCCC1CCC(O)(c2ccc(Cl)c(C3C=CCC(c4ccccc4)N3)c2)CC1. The van der Waals surface area contributed by atoms with E-state index in [-0.39, 0.29) is 17.8 Å². The molecule has 1 fully saturated rings. The Kier molecular flexibility index (Phi) is 8.16. The Bertz CT molecular complexity index is 1090. The molecule has 0 spiro atoms. The zero-order valence-electron chi connectivity index (χ0n) is 19.4. The molecule has 2 aromatic carbocycles. The second-order valence-electron chi connectivity index (χ2n) is 9.76. The number of halogens is 1. The van der Waals surface area contributed by atoms with Gasteiger partial charge < -0.3 is 5.11 Å².